The predicted molar refractivity (Wildman–Crippen MR) is 112 cm³/mol. The third-order valence-electron chi connectivity index (χ3n) is 4.24. The molecule has 1 aliphatic heterocycles. The summed E-state index contributed by atoms with van der Waals surface area (Å²) in [5.74, 6) is -0.123. The van der Waals surface area contributed by atoms with Crippen LogP contribution in [0.5, 0.6) is 0 Å². The zero-order valence-electron chi connectivity index (χ0n) is 14.1. The maximum absolute atomic E-state index is 11.6. The Kier molecular flexibility index (Phi) is 6.04. The summed E-state index contributed by atoms with van der Waals surface area (Å²) in [6.07, 6.45) is 1.42. The summed E-state index contributed by atoms with van der Waals surface area (Å²) in [6, 6.07) is 8.58. The fourth-order valence-electron chi connectivity index (χ4n) is 3.09. The minimum absolute atomic E-state index is 0.146. The third kappa shape index (κ3) is 3.77. The minimum atomic E-state index is -1.39. The number of carbonyl (C=O) groups excluding carboxylic acids is 1. The van der Waals surface area contributed by atoms with E-state index in [1.807, 2.05) is 0 Å². The summed E-state index contributed by atoms with van der Waals surface area (Å²) < 4.78 is 0. The van der Waals surface area contributed by atoms with Crippen molar-refractivity contribution in [1.29, 1.82) is 0 Å². The maximum atomic E-state index is 11.6. The number of nitrogens with one attached hydrogen (secondary N) is 1. The van der Waals surface area contributed by atoms with Crippen LogP contribution in [0.1, 0.15) is 11.1 Å². The van der Waals surface area contributed by atoms with Gasteiger partial charge in [0.25, 0.3) is 5.69 Å². The third-order valence-corrected chi connectivity index (χ3v) is 6.81. The van der Waals surface area contributed by atoms with Crippen molar-refractivity contribution in [1.82, 2.24) is 5.43 Å². The Morgan fingerprint density at radius 1 is 1.36 bits per heavy atom. The number of halogens is 3. The molecule has 2 aromatic rings. The van der Waals surface area contributed by atoms with Gasteiger partial charge in [-0.25, -0.2) is 10.2 Å². The lowest BCUT2D eigenvalue weighted by molar-refractivity contribution is -0.385. The van der Waals surface area contributed by atoms with Crippen LogP contribution in [0.4, 0.5) is 10.5 Å². The van der Waals surface area contributed by atoms with Gasteiger partial charge in [0.1, 0.15) is 4.87 Å². The van der Waals surface area contributed by atoms with Crippen LogP contribution in [0.2, 0.25) is 10.0 Å². The van der Waals surface area contributed by atoms with Gasteiger partial charge in [0.05, 0.1) is 15.5 Å². The SMILES string of the molecule is NC(=O)NN=CC1CSc2c(Cl)cc(Cl)cc2C1(Cl)c1ccccc1[N+](=O)[O-]. The first-order valence-electron chi connectivity index (χ1n) is 7.89. The highest BCUT2D eigenvalue weighted by Crippen LogP contribution is 2.55. The van der Waals surface area contributed by atoms with Gasteiger partial charge in [0, 0.05) is 33.9 Å². The fraction of sp³-hybridized carbons (Fsp3) is 0.176. The van der Waals surface area contributed by atoms with Gasteiger partial charge in [-0.1, -0.05) is 35.3 Å². The number of amides is 2. The summed E-state index contributed by atoms with van der Waals surface area (Å²) in [5.41, 5.74) is 7.83. The minimum Gasteiger partial charge on any atom is -0.350 e. The fourth-order valence-corrected chi connectivity index (χ4v) is 5.59. The largest absolute Gasteiger partial charge is 0.350 e. The Balaban J connectivity index is 2.26. The smallest absolute Gasteiger partial charge is 0.332 e. The van der Waals surface area contributed by atoms with E-state index in [9.17, 15) is 14.9 Å². The number of alkyl halides is 1. The van der Waals surface area contributed by atoms with Crippen LogP contribution in [0, 0.1) is 16.0 Å². The number of primary amides is 1. The van der Waals surface area contributed by atoms with E-state index in [2.05, 4.69) is 10.5 Å². The molecule has 0 aliphatic carbocycles. The van der Waals surface area contributed by atoms with Crippen molar-refractivity contribution in [3.05, 3.63) is 67.7 Å². The highest BCUT2D eigenvalue weighted by atomic mass is 35.5. The summed E-state index contributed by atoms with van der Waals surface area (Å²) in [7, 11) is 0. The van der Waals surface area contributed by atoms with Crippen LogP contribution in [-0.2, 0) is 4.87 Å². The number of rotatable bonds is 4. The molecule has 0 saturated heterocycles. The van der Waals surface area contributed by atoms with Gasteiger partial charge in [0.2, 0.25) is 0 Å². The molecule has 2 unspecified atom stereocenters. The summed E-state index contributed by atoms with van der Waals surface area (Å²) in [4.78, 5) is 21.4. The molecule has 28 heavy (non-hydrogen) atoms. The first kappa shape index (κ1) is 20.7. The van der Waals surface area contributed by atoms with Crippen LogP contribution in [0.25, 0.3) is 0 Å². The van der Waals surface area contributed by atoms with E-state index < -0.39 is 21.7 Å². The zero-order chi connectivity index (χ0) is 20.5. The molecule has 146 valence electrons. The van der Waals surface area contributed by atoms with E-state index in [-0.39, 0.29) is 11.3 Å². The lowest BCUT2D eigenvalue weighted by Gasteiger charge is -2.39. The molecule has 3 rings (SSSR count). The van der Waals surface area contributed by atoms with Crippen molar-refractivity contribution < 1.29 is 9.72 Å². The Bertz CT molecular complexity index is 988. The second-order valence-electron chi connectivity index (χ2n) is 5.92. The van der Waals surface area contributed by atoms with E-state index in [0.29, 0.717) is 26.3 Å². The Labute approximate surface area is 179 Å². The number of hydrogen-bond donors (Lipinski definition) is 2. The van der Waals surface area contributed by atoms with E-state index in [1.165, 1.54) is 24.0 Å². The molecular formula is C17H13Cl3N4O3S. The molecule has 0 radical (unpaired) electrons. The molecule has 2 aromatic carbocycles. The van der Waals surface area contributed by atoms with E-state index in [0.717, 1.165) is 0 Å². The molecule has 0 fully saturated rings. The van der Waals surface area contributed by atoms with Gasteiger partial charge < -0.3 is 5.73 Å². The lowest BCUT2D eigenvalue weighted by atomic mass is 9.79. The van der Waals surface area contributed by atoms with E-state index >= 15 is 0 Å². The Hall–Kier alpha value is -2.00. The van der Waals surface area contributed by atoms with Gasteiger partial charge in [-0.15, -0.1) is 23.4 Å². The van der Waals surface area contributed by atoms with Crippen molar-refractivity contribution in [3.63, 3.8) is 0 Å². The lowest BCUT2D eigenvalue weighted by Crippen LogP contribution is -2.38. The maximum Gasteiger partial charge on any atom is 0.332 e. The highest BCUT2D eigenvalue weighted by molar-refractivity contribution is 7.99. The molecule has 1 aliphatic rings. The van der Waals surface area contributed by atoms with Gasteiger partial charge in [-0.05, 0) is 23.8 Å². The molecule has 0 aromatic heterocycles. The number of hydrogen-bond acceptors (Lipinski definition) is 5. The van der Waals surface area contributed by atoms with E-state index in [4.69, 9.17) is 40.5 Å². The second-order valence-corrected chi connectivity index (χ2v) is 8.39. The number of hydrazone groups is 1. The molecule has 2 amide bonds. The second kappa shape index (κ2) is 8.16. The number of nitrogens with two attached hydrogens (primary N) is 1. The molecule has 7 nitrogen and oxygen atoms in total. The summed E-state index contributed by atoms with van der Waals surface area (Å²) in [6.45, 7) is 0. The number of thioether (sulfide) groups is 1. The van der Waals surface area contributed by atoms with Crippen LogP contribution in [0.3, 0.4) is 0 Å². The van der Waals surface area contributed by atoms with Crippen molar-refractivity contribution in [2.24, 2.45) is 16.8 Å². The number of benzene rings is 2. The monoisotopic (exact) mass is 458 g/mol. The molecule has 2 atom stereocenters. The molecule has 11 heteroatoms. The number of urea groups is 1. The molecular weight excluding hydrogens is 447 g/mol. The van der Waals surface area contributed by atoms with Gasteiger partial charge in [0.15, 0.2) is 0 Å². The molecule has 1 heterocycles. The first-order chi connectivity index (χ1) is 13.2. The Morgan fingerprint density at radius 2 is 2.07 bits per heavy atom. The zero-order valence-corrected chi connectivity index (χ0v) is 17.1. The quantitative estimate of drug-likeness (QED) is 0.297. The molecule has 0 bridgehead atoms. The topological polar surface area (TPSA) is 111 Å². The standard InChI is InChI=1S/C17H13Cl3N4O3S/c18-10-5-12-15(13(19)6-10)28-8-9(7-22-23-16(21)25)17(12,20)11-3-1-2-4-14(11)24(26)27/h1-7,9H,8H2,(H3,21,23,25). The number of para-hydroxylation sites is 1. The molecule has 0 saturated carbocycles. The van der Waals surface area contributed by atoms with Crippen molar-refractivity contribution in [3.8, 4) is 0 Å². The highest BCUT2D eigenvalue weighted by Gasteiger charge is 2.48. The van der Waals surface area contributed by atoms with Gasteiger partial charge in [-0.3, -0.25) is 10.1 Å². The summed E-state index contributed by atoms with van der Waals surface area (Å²) >= 11 is 21.1. The number of carbonyl (C=O) groups is 1. The average molecular weight is 460 g/mol. The number of fused-ring (bicyclic) bond motifs is 1. The van der Waals surface area contributed by atoms with Gasteiger partial charge in [-0.2, -0.15) is 5.10 Å². The van der Waals surface area contributed by atoms with Crippen molar-refractivity contribution in [2.75, 3.05) is 5.75 Å². The van der Waals surface area contributed by atoms with Crippen molar-refractivity contribution in [2.45, 2.75) is 9.77 Å². The van der Waals surface area contributed by atoms with E-state index in [1.54, 1.807) is 30.3 Å². The number of nitrogens with zero attached hydrogens (tertiary/aromatic N) is 2. The average Bonchev–Trinajstić information content (AvgIpc) is 2.63. The number of nitro benzene ring substituents is 1. The van der Waals surface area contributed by atoms with Gasteiger partial charge >= 0.3 is 6.03 Å². The van der Waals surface area contributed by atoms with Crippen LogP contribution < -0.4 is 11.2 Å². The predicted octanol–water partition coefficient (Wildman–Crippen LogP) is 4.76. The van der Waals surface area contributed by atoms with Crippen LogP contribution in [-0.4, -0.2) is 22.9 Å². The van der Waals surface area contributed by atoms with Crippen LogP contribution in [0.15, 0.2) is 46.4 Å². The van der Waals surface area contributed by atoms with Crippen LogP contribution >= 0.6 is 46.6 Å². The Morgan fingerprint density at radius 3 is 2.75 bits per heavy atom. The molecule has 0 spiro atoms. The first-order valence-corrected chi connectivity index (χ1v) is 10.0. The number of nitro groups is 1. The van der Waals surface area contributed by atoms with Crippen molar-refractivity contribution >= 4 is 64.5 Å². The summed E-state index contributed by atoms with van der Waals surface area (Å²) in [5, 5.41) is 16.2. The normalized spacial score (nSPS) is 21.3. The molecule has 3 N–H and O–H groups in total.